The molecule has 0 spiro atoms. The first-order valence-corrected chi connectivity index (χ1v) is 5.64. The second-order valence-electron chi connectivity index (χ2n) is 4.24. The third-order valence-corrected chi connectivity index (χ3v) is 3.23. The molecule has 1 unspecified atom stereocenters. The number of halogens is 1. The van der Waals surface area contributed by atoms with E-state index in [9.17, 15) is 10.1 Å². The van der Waals surface area contributed by atoms with Gasteiger partial charge >= 0.3 is 0 Å². The topological polar surface area (TPSA) is 66.9 Å². The number of rotatable bonds is 4. The van der Waals surface area contributed by atoms with E-state index in [1.165, 1.54) is 12.1 Å². The van der Waals surface area contributed by atoms with Gasteiger partial charge in [-0.3, -0.25) is 10.1 Å². The summed E-state index contributed by atoms with van der Waals surface area (Å²) in [7, 11) is 0. The molecule has 0 bridgehead atoms. The molecule has 0 N–H and O–H groups in total. The molecule has 0 radical (unpaired) electrons. The van der Waals surface area contributed by atoms with Crippen LogP contribution in [0.15, 0.2) is 18.2 Å². The van der Waals surface area contributed by atoms with Crippen LogP contribution < -0.4 is 0 Å². The number of nitro groups is 1. The lowest BCUT2D eigenvalue weighted by molar-refractivity contribution is -0.384. The molecular weight excluding hydrogens is 240 g/mol. The molecule has 5 heteroatoms. The summed E-state index contributed by atoms with van der Waals surface area (Å²) in [6, 6.07) is 6.60. The lowest BCUT2D eigenvalue weighted by Crippen LogP contribution is -2.16. The third kappa shape index (κ3) is 3.18. The average Bonchev–Trinajstić information content (AvgIpc) is 2.31. The van der Waals surface area contributed by atoms with Crippen molar-refractivity contribution in [1.29, 1.82) is 5.26 Å². The standard InChI is InChI=1S/C12H13ClN2O2/c1-3-12(2,8-14)7-9-4-5-10(15(16)17)6-11(9)13/h4-6H,3,7H2,1-2H3. The highest BCUT2D eigenvalue weighted by Gasteiger charge is 2.23. The molecule has 0 amide bonds. The maximum absolute atomic E-state index is 10.6. The maximum atomic E-state index is 10.6. The van der Waals surface area contributed by atoms with E-state index in [4.69, 9.17) is 16.9 Å². The summed E-state index contributed by atoms with van der Waals surface area (Å²) < 4.78 is 0. The van der Waals surface area contributed by atoms with Crippen LogP contribution in [-0.4, -0.2) is 4.92 Å². The fourth-order valence-electron chi connectivity index (χ4n) is 1.46. The lowest BCUT2D eigenvalue weighted by atomic mass is 9.83. The molecule has 0 aromatic heterocycles. The van der Waals surface area contributed by atoms with Crippen LogP contribution in [0, 0.1) is 26.9 Å². The Morgan fingerprint density at radius 1 is 1.59 bits per heavy atom. The number of benzene rings is 1. The lowest BCUT2D eigenvalue weighted by Gasteiger charge is -2.19. The first kappa shape index (κ1) is 13.5. The summed E-state index contributed by atoms with van der Waals surface area (Å²) in [6.07, 6.45) is 1.20. The summed E-state index contributed by atoms with van der Waals surface area (Å²) in [6.45, 7) is 3.78. The van der Waals surface area contributed by atoms with Crippen LogP contribution in [0.5, 0.6) is 0 Å². The quantitative estimate of drug-likeness (QED) is 0.606. The van der Waals surface area contributed by atoms with Crippen molar-refractivity contribution < 1.29 is 4.92 Å². The van der Waals surface area contributed by atoms with Crippen LogP contribution in [-0.2, 0) is 6.42 Å². The predicted octanol–water partition coefficient (Wildman–Crippen LogP) is 3.73. The van der Waals surface area contributed by atoms with E-state index in [-0.39, 0.29) is 5.69 Å². The summed E-state index contributed by atoms with van der Waals surface area (Å²) in [5, 5.41) is 20.0. The summed E-state index contributed by atoms with van der Waals surface area (Å²) >= 11 is 5.98. The van der Waals surface area contributed by atoms with E-state index >= 15 is 0 Å². The van der Waals surface area contributed by atoms with E-state index in [0.717, 1.165) is 5.56 Å². The van der Waals surface area contributed by atoms with Crippen molar-refractivity contribution in [3.63, 3.8) is 0 Å². The Labute approximate surface area is 105 Å². The first-order valence-electron chi connectivity index (χ1n) is 5.26. The van der Waals surface area contributed by atoms with E-state index in [1.54, 1.807) is 6.07 Å². The highest BCUT2D eigenvalue weighted by molar-refractivity contribution is 6.31. The average molecular weight is 253 g/mol. The number of hydrogen-bond acceptors (Lipinski definition) is 3. The zero-order valence-corrected chi connectivity index (χ0v) is 10.5. The van der Waals surface area contributed by atoms with Gasteiger partial charge in [-0.05, 0) is 25.3 Å². The minimum atomic E-state index is -0.487. The fourth-order valence-corrected chi connectivity index (χ4v) is 1.70. The second-order valence-corrected chi connectivity index (χ2v) is 4.64. The molecule has 1 aromatic carbocycles. The highest BCUT2D eigenvalue weighted by atomic mass is 35.5. The molecule has 1 aromatic rings. The monoisotopic (exact) mass is 252 g/mol. The Kier molecular flexibility index (Phi) is 4.08. The van der Waals surface area contributed by atoms with Gasteiger partial charge in [0.25, 0.3) is 5.69 Å². The van der Waals surface area contributed by atoms with Crippen LogP contribution in [0.1, 0.15) is 25.8 Å². The molecule has 4 nitrogen and oxygen atoms in total. The molecule has 0 saturated heterocycles. The molecular formula is C12H13ClN2O2. The minimum Gasteiger partial charge on any atom is -0.258 e. The Balaban J connectivity index is 3.02. The molecule has 0 aliphatic heterocycles. The van der Waals surface area contributed by atoms with E-state index < -0.39 is 10.3 Å². The maximum Gasteiger partial charge on any atom is 0.270 e. The van der Waals surface area contributed by atoms with Crippen molar-refractivity contribution in [2.45, 2.75) is 26.7 Å². The number of non-ortho nitro benzene ring substituents is 1. The van der Waals surface area contributed by atoms with E-state index in [1.807, 2.05) is 13.8 Å². The molecule has 17 heavy (non-hydrogen) atoms. The van der Waals surface area contributed by atoms with E-state index in [2.05, 4.69) is 6.07 Å². The molecule has 0 heterocycles. The van der Waals surface area contributed by atoms with E-state index in [0.29, 0.717) is 17.9 Å². The van der Waals surface area contributed by atoms with Crippen LogP contribution >= 0.6 is 11.6 Å². The molecule has 1 rings (SSSR count). The Morgan fingerprint density at radius 3 is 2.65 bits per heavy atom. The van der Waals surface area contributed by atoms with Crippen LogP contribution in [0.4, 0.5) is 5.69 Å². The summed E-state index contributed by atoms with van der Waals surface area (Å²) in [4.78, 5) is 10.1. The van der Waals surface area contributed by atoms with Crippen molar-refractivity contribution in [3.8, 4) is 6.07 Å². The zero-order valence-electron chi connectivity index (χ0n) is 9.74. The van der Waals surface area contributed by atoms with Crippen LogP contribution in [0.3, 0.4) is 0 Å². The van der Waals surface area contributed by atoms with Crippen molar-refractivity contribution in [2.24, 2.45) is 5.41 Å². The molecule has 0 aliphatic rings. The Morgan fingerprint density at radius 2 is 2.24 bits per heavy atom. The Hall–Kier alpha value is -1.60. The normalized spacial score (nSPS) is 13.8. The van der Waals surface area contributed by atoms with Gasteiger partial charge in [-0.15, -0.1) is 0 Å². The van der Waals surface area contributed by atoms with Gasteiger partial charge in [-0.2, -0.15) is 5.26 Å². The largest absolute Gasteiger partial charge is 0.270 e. The first-order chi connectivity index (χ1) is 7.91. The second kappa shape index (κ2) is 5.15. The molecule has 1 atom stereocenters. The number of nitrogens with zero attached hydrogens (tertiary/aromatic N) is 2. The van der Waals surface area contributed by atoms with Gasteiger partial charge in [0.05, 0.1) is 21.4 Å². The number of hydrogen-bond donors (Lipinski definition) is 0. The Bertz CT molecular complexity index is 482. The van der Waals surface area contributed by atoms with Gasteiger partial charge in [0.15, 0.2) is 0 Å². The number of nitro benzene ring substituents is 1. The SMILES string of the molecule is CCC(C)(C#N)Cc1ccc([N+](=O)[O-])cc1Cl. The highest BCUT2D eigenvalue weighted by Crippen LogP contribution is 2.30. The summed E-state index contributed by atoms with van der Waals surface area (Å²) in [5.41, 5.74) is 0.247. The zero-order chi connectivity index (χ0) is 13.1. The van der Waals surface area contributed by atoms with Crippen LogP contribution in [0.25, 0.3) is 0 Å². The van der Waals surface area contributed by atoms with Gasteiger partial charge < -0.3 is 0 Å². The van der Waals surface area contributed by atoms with Crippen molar-refractivity contribution in [1.82, 2.24) is 0 Å². The van der Waals surface area contributed by atoms with Gasteiger partial charge in [0.2, 0.25) is 0 Å². The molecule has 0 fully saturated rings. The van der Waals surface area contributed by atoms with Crippen LogP contribution in [0.2, 0.25) is 5.02 Å². The smallest absolute Gasteiger partial charge is 0.258 e. The van der Waals surface area contributed by atoms with Crippen molar-refractivity contribution in [2.75, 3.05) is 0 Å². The van der Waals surface area contributed by atoms with Crippen molar-refractivity contribution in [3.05, 3.63) is 38.9 Å². The minimum absolute atomic E-state index is 0.0334. The fraction of sp³-hybridized carbons (Fsp3) is 0.417. The predicted molar refractivity (Wildman–Crippen MR) is 65.8 cm³/mol. The molecule has 0 saturated carbocycles. The molecule has 90 valence electrons. The van der Waals surface area contributed by atoms with Gasteiger partial charge in [-0.1, -0.05) is 24.6 Å². The van der Waals surface area contributed by atoms with Gasteiger partial charge in [-0.25, -0.2) is 0 Å². The molecule has 0 aliphatic carbocycles. The van der Waals surface area contributed by atoms with Gasteiger partial charge in [0, 0.05) is 12.1 Å². The third-order valence-electron chi connectivity index (χ3n) is 2.88. The number of nitriles is 1. The van der Waals surface area contributed by atoms with Crippen molar-refractivity contribution >= 4 is 17.3 Å². The van der Waals surface area contributed by atoms with Gasteiger partial charge in [0.1, 0.15) is 0 Å². The summed E-state index contributed by atoms with van der Waals surface area (Å²) in [5.74, 6) is 0.